The zero-order chi connectivity index (χ0) is 17.7. The number of rotatable bonds is 6. The lowest BCUT2D eigenvalue weighted by molar-refractivity contribution is -0.385. The number of hydrogen-bond donors (Lipinski definition) is 2. The minimum Gasteiger partial charge on any atom is -0.496 e. The van der Waals surface area contributed by atoms with E-state index in [2.05, 4.69) is 20.7 Å². The van der Waals surface area contributed by atoms with Gasteiger partial charge in [-0.3, -0.25) is 20.3 Å². The molecule has 1 aromatic heterocycles. The lowest BCUT2D eigenvalue weighted by atomic mass is 10.1. The molecule has 24 heavy (non-hydrogen) atoms. The largest absolute Gasteiger partial charge is 0.496 e. The van der Waals surface area contributed by atoms with Gasteiger partial charge in [0.15, 0.2) is 0 Å². The maximum Gasteiger partial charge on any atom is 0.311 e. The van der Waals surface area contributed by atoms with E-state index in [9.17, 15) is 14.9 Å². The number of anilines is 1. The highest BCUT2D eigenvalue weighted by atomic mass is 35.5. The maximum absolute atomic E-state index is 11.3. The molecule has 2 rings (SSSR count). The van der Waals surface area contributed by atoms with Crippen LogP contribution in [-0.2, 0) is 0 Å². The molecule has 0 aliphatic heterocycles. The van der Waals surface area contributed by atoms with Crippen molar-refractivity contribution in [3.8, 4) is 11.5 Å². The summed E-state index contributed by atoms with van der Waals surface area (Å²) in [7, 11) is 2.72. The summed E-state index contributed by atoms with van der Waals surface area (Å²) >= 11 is 5.79. The highest BCUT2D eigenvalue weighted by Crippen LogP contribution is 2.33. The van der Waals surface area contributed by atoms with Gasteiger partial charge in [0.2, 0.25) is 5.75 Å². The number of nitro benzene ring substituents is 1. The minimum atomic E-state index is -0.583. The van der Waals surface area contributed by atoms with Crippen LogP contribution in [0.5, 0.6) is 11.5 Å². The number of ether oxygens (including phenoxy) is 2. The van der Waals surface area contributed by atoms with E-state index in [0.717, 1.165) is 0 Å². The van der Waals surface area contributed by atoms with Crippen molar-refractivity contribution in [2.45, 2.75) is 0 Å². The third-order valence-corrected chi connectivity index (χ3v) is 3.29. The molecule has 2 aromatic rings. The van der Waals surface area contributed by atoms with Gasteiger partial charge >= 0.3 is 5.69 Å². The predicted octanol–water partition coefficient (Wildman–Crippen LogP) is 1.79. The summed E-state index contributed by atoms with van der Waals surface area (Å²) in [4.78, 5) is 21.8. The fourth-order valence-corrected chi connectivity index (χ4v) is 1.92. The molecule has 0 amide bonds. The van der Waals surface area contributed by atoms with Crippen molar-refractivity contribution in [3.63, 3.8) is 0 Å². The Kier molecular flexibility index (Phi) is 5.32. The van der Waals surface area contributed by atoms with Crippen molar-refractivity contribution in [1.82, 2.24) is 10.2 Å². The second-order valence-corrected chi connectivity index (χ2v) is 4.70. The molecule has 1 aromatic carbocycles. The molecular formula is C13H12ClN5O5. The van der Waals surface area contributed by atoms with E-state index in [-0.39, 0.29) is 22.1 Å². The third kappa shape index (κ3) is 3.60. The number of H-pyrrole nitrogens is 1. The molecule has 1 heterocycles. The van der Waals surface area contributed by atoms with Crippen LogP contribution in [0.2, 0.25) is 5.02 Å². The van der Waals surface area contributed by atoms with Crippen LogP contribution in [0.25, 0.3) is 0 Å². The molecule has 2 N–H and O–H groups in total. The Morgan fingerprint density at radius 1 is 1.38 bits per heavy atom. The maximum atomic E-state index is 11.3. The summed E-state index contributed by atoms with van der Waals surface area (Å²) in [6.07, 6.45) is 2.55. The number of methoxy groups -OCH3 is 2. The summed E-state index contributed by atoms with van der Waals surface area (Å²) < 4.78 is 10.1. The van der Waals surface area contributed by atoms with Crippen LogP contribution in [0, 0.1) is 10.1 Å². The number of hydrazone groups is 1. The van der Waals surface area contributed by atoms with Crippen LogP contribution < -0.4 is 20.5 Å². The van der Waals surface area contributed by atoms with Gasteiger partial charge in [-0.05, 0) is 0 Å². The number of nitrogens with zero attached hydrogens (tertiary/aromatic N) is 3. The van der Waals surface area contributed by atoms with E-state index in [0.29, 0.717) is 11.3 Å². The normalized spacial score (nSPS) is 10.6. The first-order valence-corrected chi connectivity index (χ1v) is 6.78. The van der Waals surface area contributed by atoms with Gasteiger partial charge in [0.25, 0.3) is 5.56 Å². The van der Waals surface area contributed by atoms with E-state index in [1.54, 1.807) is 0 Å². The third-order valence-electron chi connectivity index (χ3n) is 2.91. The molecule has 0 atom stereocenters. The van der Waals surface area contributed by atoms with Crippen LogP contribution in [0.4, 0.5) is 11.4 Å². The SMILES string of the molecule is COc1cc(OC)c([N+](=O)[O-])cc1/C=N\Nc1cn[nH]c(=O)c1Cl. The van der Waals surface area contributed by atoms with Crippen LogP contribution in [0.15, 0.2) is 28.2 Å². The number of nitro groups is 1. The van der Waals surface area contributed by atoms with Crippen LogP contribution >= 0.6 is 11.6 Å². The molecule has 0 bridgehead atoms. The van der Waals surface area contributed by atoms with E-state index in [1.807, 2.05) is 0 Å². The lowest BCUT2D eigenvalue weighted by Gasteiger charge is -2.08. The average Bonchev–Trinajstić information content (AvgIpc) is 2.58. The van der Waals surface area contributed by atoms with Crippen LogP contribution in [-0.4, -0.2) is 35.6 Å². The Labute approximate surface area is 140 Å². The number of aromatic amines is 1. The second-order valence-electron chi connectivity index (χ2n) is 4.32. The van der Waals surface area contributed by atoms with E-state index in [4.69, 9.17) is 21.1 Å². The van der Waals surface area contributed by atoms with Gasteiger partial charge in [-0.15, -0.1) is 0 Å². The Morgan fingerprint density at radius 3 is 2.71 bits per heavy atom. The van der Waals surface area contributed by atoms with Gasteiger partial charge in [-0.1, -0.05) is 11.6 Å². The molecule has 0 spiro atoms. The molecule has 0 unspecified atom stereocenters. The highest BCUT2D eigenvalue weighted by molar-refractivity contribution is 6.32. The molecule has 126 valence electrons. The van der Waals surface area contributed by atoms with Crippen LogP contribution in [0.3, 0.4) is 0 Å². The smallest absolute Gasteiger partial charge is 0.311 e. The molecule has 10 nitrogen and oxygen atoms in total. The molecule has 0 aliphatic rings. The van der Waals surface area contributed by atoms with Crippen molar-refractivity contribution in [3.05, 3.63) is 49.4 Å². The van der Waals surface area contributed by atoms with Gasteiger partial charge in [-0.25, -0.2) is 5.10 Å². The summed E-state index contributed by atoms with van der Waals surface area (Å²) in [6.45, 7) is 0. The predicted molar refractivity (Wildman–Crippen MR) is 87.3 cm³/mol. The van der Waals surface area contributed by atoms with Gasteiger partial charge < -0.3 is 9.47 Å². The minimum absolute atomic E-state index is 0.0591. The standard InChI is InChI=1S/C13H12ClN5O5/c1-23-10-4-11(24-2)9(19(21)22)3-7(10)5-15-17-8-6-16-18-13(20)12(8)14/h3-6H,1-2H3,(H2,17,18,20)/b15-5-. The molecule has 0 saturated heterocycles. The van der Waals surface area contributed by atoms with E-state index >= 15 is 0 Å². The van der Waals surface area contributed by atoms with Gasteiger partial charge in [0, 0.05) is 17.7 Å². The topological polar surface area (TPSA) is 132 Å². The Bertz CT molecular complexity index is 851. The first kappa shape index (κ1) is 17.2. The zero-order valence-electron chi connectivity index (χ0n) is 12.6. The van der Waals surface area contributed by atoms with Gasteiger partial charge in [0.05, 0.1) is 31.6 Å². The van der Waals surface area contributed by atoms with Gasteiger partial charge in [0.1, 0.15) is 16.5 Å². The Balaban J connectivity index is 2.34. The van der Waals surface area contributed by atoms with Gasteiger partial charge in [-0.2, -0.15) is 10.2 Å². The molecule has 0 saturated carbocycles. The van der Waals surface area contributed by atoms with Crippen molar-refractivity contribution >= 4 is 29.2 Å². The van der Waals surface area contributed by atoms with E-state index < -0.39 is 10.5 Å². The quantitative estimate of drug-likeness (QED) is 0.459. The number of halogens is 1. The summed E-state index contributed by atoms with van der Waals surface area (Å²) in [6, 6.07) is 2.63. The average molecular weight is 354 g/mol. The molecule has 0 aliphatic carbocycles. The number of hydrogen-bond acceptors (Lipinski definition) is 8. The molecule has 11 heteroatoms. The summed E-state index contributed by atoms with van der Waals surface area (Å²) in [5.74, 6) is 0.377. The first-order valence-electron chi connectivity index (χ1n) is 6.40. The van der Waals surface area contributed by atoms with E-state index in [1.165, 1.54) is 38.8 Å². The number of benzene rings is 1. The van der Waals surface area contributed by atoms with Crippen LogP contribution in [0.1, 0.15) is 5.56 Å². The first-order chi connectivity index (χ1) is 11.5. The summed E-state index contributed by atoms with van der Waals surface area (Å²) in [5.41, 5.74) is 2.22. The van der Waals surface area contributed by atoms with Crippen molar-refractivity contribution in [2.24, 2.45) is 5.10 Å². The Hall–Kier alpha value is -3.14. The molecular weight excluding hydrogens is 342 g/mol. The lowest BCUT2D eigenvalue weighted by Crippen LogP contribution is -2.10. The van der Waals surface area contributed by atoms with Crippen molar-refractivity contribution in [1.29, 1.82) is 0 Å². The fraction of sp³-hybridized carbons (Fsp3) is 0.154. The summed E-state index contributed by atoms with van der Waals surface area (Å²) in [5, 5.41) is 20.6. The second kappa shape index (κ2) is 7.42. The zero-order valence-corrected chi connectivity index (χ0v) is 13.3. The monoisotopic (exact) mass is 353 g/mol. The number of aromatic nitrogens is 2. The highest BCUT2D eigenvalue weighted by Gasteiger charge is 2.18. The molecule has 0 radical (unpaired) electrons. The van der Waals surface area contributed by atoms with Crippen molar-refractivity contribution < 1.29 is 14.4 Å². The van der Waals surface area contributed by atoms with Crippen molar-refractivity contribution in [2.75, 3.05) is 19.6 Å². The number of nitrogens with one attached hydrogen (secondary N) is 2. The Morgan fingerprint density at radius 2 is 2.08 bits per heavy atom. The molecule has 0 fully saturated rings. The fourth-order valence-electron chi connectivity index (χ4n) is 1.78.